The third-order valence-electron chi connectivity index (χ3n) is 2.60. The normalized spacial score (nSPS) is 18.8. The first-order valence-electron chi connectivity index (χ1n) is 4.97. The fourth-order valence-electron chi connectivity index (χ4n) is 1.78. The van der Waals surface area contributed by atoms with E-state index in [2.05, 4.69) is 5.32 Å². The first-order chi connectivity index (χ1) is 8.15. The van der Waals surface area contributed by atoms with Crippen molar-refractivity contribution in [2.24, 2.45) is 0 Å². The molecule has 17 heavy (non-hydrogen) atoms. The van der Waals surface area contributed by atoms with E-state index < -0.39 is 17.9 Å². The predicted molar refractivity (Wildman–Crippen MR) is 56.5 cm³/mol. The fraction of sp³-hybridized carbons (Fsp3) is 0.273. The Hall–Kier alpha value is -2.29. The molecule has 1 heterocycles. The Bertz CT molecular complexity index is 498. The van der Waals surface area contributed by atoms with Gasteiger partial charge in [0.25, 0.3) is 0 Å². The Kier molecular flexibility index (Phi) is 2.83. The smallest absolute Gasteiger partial charge is 0.331 e. The summed E-state index contributed by atoms with van der Waals surface area (Å²) < 4.78 is 18.3. The molecule has 1 saturated heterocycles. The molecule has 1 aromatic rings. The Morgan fingerprint density at radius 2 is 2.41 bits per heavy atom. The molecule has 1 fully saturated rings. The summed E-state index contributed by atoms with van der Waals surface area (Å²) in [5.74, 6) is 0.0712. The van der Waals surface area contributed by atoms with Gasteiger partial charge < -0.3 is 10.1 Å². The number of halogens is 1. The zero-order valence-electron chi connectivity index (χ0n) is 9.11. The van der Waals surface area contributed by atoms with E-state index in [1.54, 1.807) is 6.19 Å². The van der Waals surface area contributed by atoms with Crippen molar-refractivity contribution in [2.75, 3.05) is 13.7 Å². The number of benzene rings is 1. The first-order valence-corrected chi connectivity index (χ1v) is 4.97. The van der Waals surface area contributed by atoms with Gasteiger partial charge >= 0.3 is 6.03 Å². The number of nitriles is 1. The maximum absolute atomic E-state index is 13.2. The summed E-state index contributed by atoms with van der Waals surface area (Å²) in [5, 5.41) is 11.3. The van der Waals surface area contributed by atoms with E-state index >= 15 is 0 Å². The van der Waals surface area contributed by atoms with E-state index in [0.717, 1.165) is 4.90 Å². The van der Waals surface area contributed by atoms with E-state index in [1.807, 2.05) is 0 Å². The lowest BCUT2D eigenvalue weighted by molar-refractivity contribution is 0.232. The Balaban J connectivity index is 2.33. The van der Waals surface area contributed by atoms with Gasteiger partial charge in [0, 0.05) is 5.56 Å². The minimum absolute atomic E-state index is 0.176. The summed E-state index contributed by atoms with van der Waals surface area (Å²) in [7, 11) is 1.47. The van der Waals surface area contributed by atoms with E-state index in [1.165, 1.54) is 25.3 Å². The lowest BCUT2D eigenvalue weighted by Crippen LogP contribution is -2.23. The number of ether oxygens (including phenoxy) is 1. The van der Waals surface area contributed by atoms with Crippen molar-refractivity contribution in [1.29, 1.82) is 5.26 Å². The van der Waals surface area contributed by atoms with Gasteiger partial charge in [0.2, 0.25) is 0 Å². The van der Waals surface area contributed by atoms with Crippen LogP contribution in [0.15, 0.2) is 18.2 Å². The van der Waals surface area contributed by atoms with Crippen LogP contribution in [-0.2, 0) is 0 Å². The van der Waals surface area contributed by atoms with Crippen molar-refractivity contribution >= 4 is 6.03 Å². The van der Waals surface area contributed by atoms with Gasteiger partial charge in [0.15, 0.2) is 6.19 Å². The number of nitrogens with one attached hydrogen (secondary N) is 1. The number of methoxy groups -OCH3 is 1. The van der Waals surface area contributed by atoms with E-state index in [-0.39, 0.29) is 6.54 Å². The van der Waals surface area contributed by atoms with Crippen LogP contribution in [0.3, 0.4) is 0 Å². The fourth-order valence-corrected chi connectivity index (χ4v) is 1.78. The monoisotopic (exact) mass is 235 g/mol. The van der Waals surface area contributed by atoms with Gasteiger partial charge in [-0.2, -0.15) is 5.26 Å². The molecule has 0 aromatic heterocycles. The number of hydrogen-bond donors (Lipinski definition) is 1. The summed E-state index contributed by atoms with van der Waals surface area (Å²) in [6.07, 6.45) is 1.75. The molecule has 0 spiro atoms. The van der Waals surface area contributed by atoms with E-state index in [0.29, 0.717) is 11.3 Å². The zero-order chi connectivity index (χ0) is 12.4. The summed E-state index contributed by atoms with van der Waals surface area (Å²) in [6, 6.07) is 3.15. The van der Waals surface area contributed by atoms with Crippen LogP contribution in [0.5, 0.6) is 5.75 Å². The van der Waals surface area contributed by atoms with Gasteiger partial charge in [-0.15, -0.1) is 0 Å². The van der Waals surface area contributed by atoms with Crippen molar-refractivity contribution in [1.82, 2.24) is 10.2 Å². The molecule has 2 rings (SSSR count). The molecule has 1 aliphatic heterocycles. The van der Waals surface area contributed by atoms with Gasteiger partial charge in [-0.05, 0) is 18.2 Å². The molecular weight excluding hydrogens is 225 g/mol. The maximum atomic E-state index is 13.2. The first kappa shape index (κ1) is 11.2. The highest BCUT2D eigenvalue weighted by molar-refractivity contribution is 5.79. The molecule has 1 atom stereocenters. The molecule has 0 bridgehead atoms. The molecule has 6 heteroatoms. The topological polar surface area (TPSA) is 65.4 Å². The largest absolute Gasteiger partial charge is 0.496 e. The predicted octanol–water partition coefficient (Wildman–Crippen LogP) is 1.38. The van der Waals surface area contributed by atoms with Crippen molar-refractivity contribution in [3.8, 4) is 11.9 Å². The zero-order valence-corrected chi connectivity index (χ0v) is 9.11. The number of urea groups is 1. The number of rotatable bonds is 2. The van der Waals surface area contributed by atoms with Crippen LogP contribution in [0.4, 0.5) is 9.18 Å². The van der Waals surface area contributed by atoms with Crippen molar-refractivity contribution in [2.45, 2.75) is 6.04 Å². The van der Waals surface area contributed by atoms with Crippen molar-refractivity contribution in [3.05, 3.63) is 29.6 Å². The molecule has 0 aliphatic carbocycles. The second-order valence-corrected chi connectivity index (χ2v) is 3.60. The summed E-state index contributed by atoms with van der Waals surface area (Å²) in [6.45, 7) is 0.176. The molecule has 1 N–H and O–H groups in total. The Morgan fingerprint density at radius 1 is 1.65 bits per heavy atom. The number of carbonyl (C=O) groups excluding carboxylic acids is 1. The minimum atomic E-state index is -0.483. The van der Waals surface area contributed by atoms with Crippen LogP contribution in [0, 0.1) is 17.3 Å². The lowest BCUT2D eigenvalue weighted by atomic mass is 10.1. The number of amides is 2. The third-order valence-corrected chi connectivity index (χ3v) is 2.60. The van der Waals surface area contributed by atoms with E-state index in [4.69, 9.17) is 10.00 Å². The quantitative estimate of drug-likeness (QED) is 0.787. The molecule has 0 saturated carbocycles. The Morgan fingerprint density at radius 3 is 3.00 bits per heavy atom. The molecule has 1 unspecified atom stereocenters. The SMILES string of the molecule is COc1ccc(F)cc1C1CN(C#N)C(=O)N1. The van der Waals surface area contributed by atoms with E-state index in [9.17, 15) is 9.18 Å². The summed E-state index contributed by atoms with van der Waals surface area (Å²) in [5.41, 5.74) is 0.526. The van der Waals surface area contributed by atoms with Gasteiger partial charge in [-0.3, -0.25) is 0 Å². The average Bonchev–Trinajstić information content (AvgIpc) is 2.70. The van der Waals surface area contributed by atoms with Gasteiger partial charge in [0.05, 0.1) is 19.7 Å². The molecule has 1 aliphatic rings. The molecular formula is C11H10FN3O2. The van der Waals surface area contributed by atoms with Gasteiger partial charge in [-0.1, -0.05) is 0 Å². The molecule has 2 amide bonds. The standard InChI is InChI=1S/C11H10FN3O2/c1-17-10-3-2-7(12)4-8(10)9-5-15(6-13)11(16)14-9/h2-4,9H,5H2,1H3,(H,14,16). The van der Waals surface area contributed by atoms with Crippen LogP contribution in [0.1, 0.15) is 11.6 Å². The average molecular weight is 235 g/mol. The van der Waals surface area contributed by atoms with Gasteiger partial charge in [-0.25, -0.2) is 14.1 Å². The molecule has 0 radical (unpaired) electrons. The Labute approximate surface area is 97.4 Å². The molecule has 5 nitrogen and oxygen atoms in total. The lowest BCUT2D eigenvalue weighted by Gasteiger charge is -2.13. The highest BCUT2D eigenvalue weighted by atomic mass is 19.1. The number of carbonyl (C=O) groups is 1. The van der Waals surface area contributed by atoms with Crippen LogP contribution in [-0.4, -0.2) is 24.6 Å². The summed E-state index contributed by atoms with van der Waals surface area (Å²) >= 11 is 0. The van der Waals surface area contributed by atoms with Crippen LogP contribution < -0.4 is 10.1 Å². The highest BCUT2D eigenvalue weighted by Gasteiger charge is 2.31. The second kappa shape index (κ2) is 4.29. The third kappa shape index (κ3) is 1.99. The molecule has 1 aromatic carbocycles. The number of nitrogens with zero attached hydrogens (tertiary/aromatic N) is 2. The van der Waals surface area contributed by atoms with Crippen LogP contribution in [0.25, 0.3) is 0 Å². The second-order valence-electron chi connectivity index (χ2n) is 3.60. The minimum Gasteiger partial charge on any atom is -0.496 e. The molecule has 88 valence electrons. The van der Waals surface area contributed by atoms with Crippen molar-refractivity contribution in [3.63, 3.8) is 0 Å². The van der Waals surface area contributed by atoms with Gasteiger partial charge in [0.1, 0.15) is 11.6 Å². The van der Waals surface area contributed by atoms with Crippen molar-refractivity contribution < 1.29 is 13.9 Å². The van der Waals surface area contributed by atoms with Crippen LogP contribution in [0.2, 0.25) is 0 Å². The van der Waals surface area contributed by atoms with Crippen LogP contribution >= 0.6 is 0 Å². The maximum Gasteiger partial charge on any atom is 0.331 e. The highest BCUT2D eigenvalue weighted by Crippen LogP contribution is 2.29. The number of hydrogen-bond acceptors (Lipinski definition) is 3. The summed E-state index contributed by atoms with van der Waals surface area (Å²) in [4.78, 5) is 12.3.